The number of pyridine rings is 4. The van der Waals surface area contributed by atoms with Gasteiger partial charge in [0.05, 0.1) is 22.6 Å². The number of rotatable bonds is 8. The molecule has 4 radical (unpaired) electrons. The minimum absolute atomic E-state index is 0. The molecule has 0 saturated heterocycles. The topological polar surface area (TPSA) is 126 Å². The van der Waals surface area contributed by atoms with Gasteiger partial charge in [0.2, 0.25) is 0 Å². The first-order valence-electron chi connectivity index (χ1n) is 27.3. The Hall–Kier alpha value is -7.32. The number of ketones is 2. The summed E-state index contributed by atoms with van der Waals surface area (Å²) >= 11 is 0. The maximum absolute atomic E-state index is 10.0. The number of aromatic nitrogens is 4. The van der Waals surface area contributed by atoms with Gasteiger partial charge in [0.1, 0.15) is 0 Å². The van der Waals surface area contributed by atoms with E-state index in [2.05, 4.69) is 179 Å². The van der Waals surface area contributed by atoms with Crippen molar-refractivity contribution < 1.29 is 100 Å². The first-order valence-corrected chi connectivity index (χ1v) is 27.3. The van der Waals surface area contributed by atoms with Gasteiger partial charge in [-0.25, -0.2) is 0 Å². The predicted molar refractivity (Wildman–Crippen MR) is 342 cm³/mol. The quantitative estimate of drug-likeness (QED) is 0.0875. The van der Waals surface area contributed by atoms with Gasteiger partial charge in [-0.2, -0.15) is 0 Å². The maximum atomic E-state index is 10.0. The van der Waals surface area contributed by atoms with Crippen molar-refractivity contribution in [1.29, 1.82) is 0 Å². The standard InChI is InChI=1S/C20H18N.2C17H14N.C11H8N.2C5H8O2.4Ir/c1-15(2)19-11-12-20(21-14-19)18-10-6-9-17(13-18)16-7-4-3-5-8-16;1-12-7-9-15(13(2)11-12)17-10-8-14-5-3-4-6-16(14)18-17;1-12-9-13(2)11-15(10-12)17-8-7-14-5-3-4-6-16(14)18-17;1-2-6-10(7-3-1)11-8-4-5-9-12-11;2*1-4(6)3-5(2)7;;;;/h3-9,11-15H,1-2H3;3-8,10-11H,1-2H3;3-10H,1-2H3;1-6,8-9H;2*3,6H,1-2H3;;;;/q4*-1;;;;;;. The van der Waals surface area contributed by atoms with E-state index in [0.717, 1.165) is 61.6 Å². The maximum Gasteiger partial charge on any atom is 0.155 e. The molecular weight excluding hydrogens is 1790 g/mol. The molecule has 2 N–H and O–H groups in total. The summed E-state index contributed by atoms with van der Waals surface area (Å²) < 4.78 is 0. The molecule has 0 bridgehead atoms. The fourth-order valence-corrected chi connectivity index (χ4v) is 8.48. The Bertz CT molecular complexity index is 3840. The van der Waals surface area contributed by atoms with E-state index in [1.54, 1.807) is 6.20 Å². The smallest absolute Gasteiger partial charge is 0.155 e. The molecule has 7 aromatic carbocycles. The molecule has 0 saturated carbocycles. The number of para-hydroxylation sites is 2. The molecule has 8 nitrogen and oxygen atoms in total. The third-order valence-electron chi connectivity index (χ3n) is 12.3. The van der Waals surface area contributed by atoms with Crippen LogP contribution in [0.1, 0.15) is 75.3 Å². The molecule has 454 valence electrons. The normalized spacial score (nSPS) is 10.2. The van der Waals surface area contributed by atoms with Gasteiger partial charge in [-0.05, 0) is 96.5 Å². The van der Waals surface area contributed by atoms with Crippen molar-refractivity contribution in [2.24, 2.45) is 0 Å². The van der Waals surface area contributed by atoms with Crippen molar-refractivity contribution in [1.82, 2.24) is 19.9 Å². The van der Waals surface area contributed by atoms with E-state index in [1.165, 1.54) is 84.0 Å². The number of carbonyl (C=O) groups excluding carboxylic acids is 2. The fourth-order valence-electron chi connectivity index (χ4n) is 8.48. The van der Waals surface area contributed by atoms with Crippen LogP contribution in [0.3, 0.4) is 0 Å². The molecule has 0 amide bonds. The molecule has 0 spiro atoms. The van der Waals surface area contributed by atoms with E-state index in [1.807, 2.05) is 103 Å². The number of aliphatic hydroxyl groups is 2. The minimum atomic E-state index is -0.125. The van der Waals surface area contributed by atoms with Gasteiger partial charge in [-0.3, -0.25) is 19.6 Å². The number of aliphatic hydroxyl groups excluding tert-OH is 2. The van der Waals surface area contributed by atoms with Crippen molar-refractivity contribution in [3.63, 3.8) is 0 Å². The SMILES string of the molecule is CC(=O)C=C(C)O.CC(=O)C=C(C)O.CC(C)c1ccc(-c2[c-]ccc(-c3ccccc3)c2)nc1.Cc1[c-]c(-c2ccc3ccccc3n2)cc(C)c1.Cc1c[c-]c(-c2ccc3ccccc3n2)c(C)c1.[Ir].[Ir].[Ir].[Ir].[c-]1ccccc1-c1ccccn1. The van der Waals surface area contributed by atoms with E-state index in [0.29, 0.717) is 5.92 Å². The summed E-state index contributed by atoms with van der Waals surface area (Å²) in [6.45, 7) is 18.4. The number of hydrogen-bond acceptors (Lipinski definition) is 8. The molecule has 0 aliphatic rings. The number of fused-ring (bicyclic) bond motifs is 2. The predicted octanol–water partition coefficient (Wildman–Crippen LogP) is 18.6. The molecule has 0 aliphatic carbocycles. The number of allylic oxidation sites excluding steroid dienone is 4. The molecule has 4 heterocycles. The summed E-state index contributed by atoms with van der Waals surface area (Å²) in [4.78, 5) is 38.2. The fraction of sp³-hybridized carbons (Fsp3) is 0.147. The van der Waals surface area contributed by atoms with Crippen LogP contribution in [0.15, 0.2) is 236 Å². The van der Waals surface area contributed by atoms with Gasteiger partial charge >= 0.3 is 0 Å². The van der Waals surface area contributed by atoms with Crippen LogP contribution in [0.4, 0.5) is 0 Å². The second kappa shape index (κ2) is 39.5. The molecule has 0 atom stereocenters. The molecule has 87 heavy (non-hydrogen) atoms. The van der Waals surface area contributed by atoms with Crippen LogP contribution in [0.5, 0.6) is 0 Å². The first kappa shape index (κ1) is 75.8. The zero-order valence-electron chi connectivity index (χ0n) is 50.3. The molecular formula is C75H70Ir4N4O4-4. The number of hydrogen-bond donors (Lipinski definition) is 2. The number of nitrogens with zero attached hydrogens (tertiary/aromatic N) is 4. The Morgan fingerprint density at radius 1 is 0.471 bits per heavy atom. The van der Waals surface area contributed by atoms with Crippen LogP contribution in [-0.2, 0) is 90.0 Å². The minimum Gasteiger partial charge on any atom is -0.512 e. The Kier molecular flexibility index (Phi) is 34.4. The van der Waals surface area contributed by atoms with E-state index in [9.17, 15) is 9.59 Å². The molecule has 0 fully saturated rings. The summed E-state index contributed by atoms with van der Waals surface area (Å²) in [5.74, 6) is 0.381. The number of carbonyl (C=O) groups is 2. The van der Waals surface area contributed by atoms with Gasteiger partial charge < -0.3 is 20.2 Å². The zero-order valence-corrected chi connectivity index (χ0v) is 59.9. The summed E-state index contributed by atoms with van der Waals surface area (Å²) in [6, 6.07) is 80.8. The third-order valence-corrected chi connectivity index (χ3v) is 12.3. The van der Waals surface area contributed by atoms with Gasteiger partial charge in [-0.15, -0.1) is 141 Å². The monoisotopic (exact) mass is 1860 g/mol. The van der Waals surface area contributed by atoms with Gasteiger partial charge in [0.15, 0.2) is 11.6 Å². The number of benzene rings is 7. The second-order valence-electron chi connectivity index (χ2n) is 20.0. The molecule has 0 unspecified atom stereocenters. The van der Waals surface area contributed by atoms with Crippen LogP contribution >= 0.6 is 0 Å². The van der Waals surface area contributed by atoms with E-state index < -0.39 is 0 Å². The van der Waals surface area contributed by atoms with Gasteiger partial charge in [-0.1, -0.05) is 157 Å². The molecule has 11 rings (SSSR count). The summed E-state index contributed by atoms with van der Waals surface area (Å²) in [7, 11) is 0. The average molecular weight is 1860 g/mol. The molecule has 12 heteroatoms. The van der Waals surface area contributed by atoms with Crippen LogP contribution < -0.4 is 0 Å². The first-order chi connectivity index (χ1) is 39.9. The van der Waals surface area contributed by atoms with E-state index in [-0.39, 0.29) is 104 Å². The average Bonchev–Trinajstić information content (AvgIpc) is 3.31. The van der Waals surface area contributed by atoms with Crippen molar-refractivity contribution in [3.05, 3.63) is 288 Å². The Balaban J connectivity index is 0.000000367. The zero-order chi connectivity index (χ0) is 59.7. The van der Waals surface area contributed by atoms with Crippen molar-refractivity contribution >= 4 is 33.4 Å². The Morgan fingerprint density at radius 2 is 1.02 bits per heavy atom. The van der Waals surface area contributed by atoms with Gasteiger partial charge in [0.25, 0.3) is 0 Å². The van der Waals surface area contributed by atoms with Crippen molar-refractivity contribution in [2.75, 3.05) is 0 Å². The summed E-state index contributed by atoms with van der Waals surface area (Å²) in [5.41, 5.74) is 18.7. The largest absolute Gasteiger partial charge is 0.512 e. The Morgan fingerprint density at radius 3 is 1.54 bits per heavy atom. The Labute approximate surface area is 568 Å². The molecule has 4 aromatic heterocycles. The number of aryl methyl sites for hydroxylation is 4. The van der Waals surface area contributed by atoms with Crippen LogP contribution in [-0.4, -0.2) is 41.7 Å². The third kappa shape index (κ3) is 25.9. The van der Waals surface area contributed by atoms with Gasteiger partial charge in [0, 0.05) is 105 Å². The van der Waals surface area contributed by atoms with Crippen LogP contribution in [0.2, 0.25) is 0 Å². The van der Waals surface area contributed by atoms with E-state index >= 15 is 0 Å². The summed E-state index contributed by atoms with van der Waals surface area (Å²) in [6.07, 6.45) is 6.08. The van der Waals surface area contributed by atoms with Crippen molar-refractivity contribution in [3.8, 4) is 56.2 Å². The van der Waals surface area contributed by atoms with Crippen LogP contribution in [0, 0.1) is 52.0 Å². The molecule has 11 aromatic rings. The van der Waals surface area contributed by atoms with Crippen molar-refractivity contribution in [2.45, 2.75) is 75.2 Å². The van der Waals surface area contributed by atoms with E-state index in [4.69, 9.17) is 20.2 Å². The second-order valence-corrected chi connectivity index (χ2v) is 20.0. The molecule has 0 aliphatic heterocycles. The summed E-state index contributed by atoms with van der Waals surface area (Å²) in [5, 5.41) is 19.1. The van der Waals surface area contributed by atoms with Crippen LogP contribution in [0.25, 0.3) is 78.0 Å².